The maximum absolute atomic E-state index is 12.6. The molecule has 0 radical (unpaired) electrons. The Morgan fingerprint density at radius 3 is 2.40 bits per heavy atom. The van der Waals surface area contributed by atoms with Gasteiger partial charge in [-0.05, 0) is 44.2 Å². The molecule has 0 aliphatic rings. The Morgan fingerprint density at radius 1 is 1.00 bits per heavy atom. The number of rotatable bonds is 5. The van der Waals surface area contributed by atoms with Crippen LogP contribution < -0.4 is 4.74 Å². The van der Waals surface area contributed by atoms with E-state index in [1.54, 1.807) is 24.1 Å². The van der Waals surface area contributed by atoms with E-state index in [0.717, 1.165) is 28.2 Å². The fourth-order valence-electron chi connectivity index (χ4n) is 2.50. The molecule has 0 saturated carbocycles. The Morgan fingerprint density at radius 2 is 1.68 bits per heavy atom. The normalized spacial score (nSPS) is 10.7. The highest BCUT2D eigenvalue weighted by molar-refractivity contribution is 5.97. The van der Waals surface area contributed by atoms with E-state index < -0.39 is 0 Å². The summed E-state index contributed by atoms with van der Waals surface area (Å²) in [5, 5.41) is 0. The summed E-state index contributed by atoms with van der Waals surface area (Å²) < 4.78 is 5.65. The number of para-hydroxylation sites is 1. The minimum Gasteiger partial charge on any atom is -0.492 e. The summed E-state index contributed by atoms with van der Waals surface area (Å²) in [6.45, 7) is 4.80. The van der Waals surface area contributed by atoms with Crippen molar-refractivity contribution in [2.24, 2.45) is 0 Å². The molecule has 0 atom stereocenters. The first-order valence-electron chi connectivity index (χ1n) is 8.23. The van der Waals surface area contributed by atoms with Gasteiger partial charge in [0, 0.05) is 12.6 Å². The van der Waals surface area contributed by atoms with Crippen LogP contribution in [-0.2, 0) is 0 Å². The van der Waals surface area contributed by atoms with Crippen LogP contribution in [0.3, 0.4) is 0 Å². The molecule has 0 unspecified atom stereocenters. The van der Waals surface area contributed by atoms with Crippen LogP contribution in [0.1, 0.15) is 21.7 Å². The fourth-order valence-corrected chi connectivity index (χ4v) is 2.50. The predicted octanol–water partition coefficient (Wildman–Crippen LogP) is 3.40. The van der Waals surface area contributed by atoms with Gasteiger partial charge in [0.1, 0.15) is 12.4 Å². The van der Waals surface area contributed by atoms with E-state index in [4.69, 9.17) is 4.74 Å². The van der Waals surface area contributed by atoms with Gasteiger partial charge in [0.15, 0.2) is 0 Å². The summed E-state index contributed by atoms with van der Waals surface area (Å²) in [6.07, 6.45) is 0. The lowest BCUT2D eigenvalue weighted by Crippen LogP contribution is -2.30. The molecule has 2 aromatic carbocycles. The van der Waals surface area contributed by atoms with Crippen molar-refractivity contribution in [2.75, 3.05) is 20.2 Å². The van der Waals surface area contributed by atoms with Crippen LogP contribution in [0, 0.1) is 13.8 Å². The Bertz CT molecular complexity index is 894. The van der Waals surface area contributed by atoms with Gasteiger partial charge >= 0.3 is 0 Å². The lowest BCUT2D eigenvalue weighted by molar-refractivity contribution is 0.0774. The maximum atomic E-state index is 12.6. The molecule has 5 heteroatoms. The predicted molar refractivity (Wildman–Crippen MR) is 97.9 cm³/mol. The van der Waals surface area contributed by atoms with E-state index in [0.29, 0.717) is 18.7 Å². The van der Waals surface area contributed by atoms with Gasteiger partial charge in [-0.2, -0.15) is 0 Å². The average molecular weight is 335 g/mol. The topological polar surface area (TPSA) is 55.3 Å². The summed E-state index contributed by atoms with van der Waals surface area (Å²) >= 11 is 0. The summed E-state index contributed by atoms with van der Waals surface area (Å²) in [7, 11) is 1.77. The number of hydrogen-bond acceptors (Lipinski definition) is 4. The number of carbonyl (C=O) groups excluding carboxylic acids is 1. The zero-order chi connectivity index (χ0) is 17.8. The first kappa shape index (κ1) is 16.9. The molecular formula is C20H21N3O2. The van der Waals surface area contributed by atoms with Gasteiger partial charge in [0.25, 0.3) is 5.91 Å². The number of amides is 1. The van der Waals surface area contributed by atoms with Crippen LogP contribution in [0.4, 0.5) is 0 Å². The number of aryl methyl sites for hydroxylation is 2. The maximum Gasteiger partial charge on any atom is 0.253 e. The van der Waals surface area contributed by atoms with Crippen molar-refractivity contribution in [1.82, 2.24) is 14.9 Å². The quantitative estimate of drug-likeness (QED) is 0.717. The molecule has 3 aromatic rings. The summed E-state index contributed by atoms with van der Waals surface area (Å²) in [6, 6.07) is 15.0. The molecule has 0 bridgehead atoms. The molecule has 1 aromatic heterocycles. The molecule has 0 saturated heterocycles. The second-order valence-corrected chi connectivity index (χ2v) is 5.99. The van der Waals surface area contributed by atoms with Gasteiger partial charge < -0.3 is 9.64 Å². The SMILES string of the molecule is Cc1nc2ccc(C(=O)N(C)CCOc3ccccc3)cc2nc1C. The van der Waals surface area contributed by atoms with Crippen molar-refractivity contribution < 1.29 is 9.53 Å². The average Bonchev–Trinajstić information content (AvgIpc) is 2.62. The van der Waals surface area contributed by atoms with Gasteiger partial charge in [0.2, 0.25) is 0 Å². The molecule has 25 heavy (non-hydrogen) atoms. The van der Waals surface area contributed by atoms with Crippen LogP contribution in [0.25, 0.3) is 11.0 Å². The molecular weight excluding hydrogens is 314 g/mol. The van der Waals surface area contributed by atoms with Crippen molar-refractivity contribution in [3.8, 4) is 5.75 Å². The first-order chi connectivity index (χ1) is 12.0. The van der Waals surface area contributed by atoms with E-state index in [9.17, 15) is 4.79 Å². The number of ether oxygens (including phenoxy) is 1. The summed E-state index contributed by atoms with van der Waals surface area (Å²) in [5.74, 6) is 0.744. The van der Waals surface area contributed by atoms with Crippen LogP contribution >= 0.6 is 0 Å². The number of benzene rings is 2. The third kappa shape index (κ3) is 3.94. The number of hydrogen-bond donors (Lipinski definition) is 0. The monoisotopic (exact) mass is 335 g/mol. The Balaban J connectivity index is 1.67. The molecule has 1 amide bonds. The number of fused-ring (bicyclic) bond motifs is 1. The highest BCUT2D eigenvalue weighted by Crippen LogP contribution is 2.15. The van der Waals surface area contributed by atoms with Gasteiger partial charge in [-0.1, -0.05) is 18.2 Å². The molecule has 0 N–H and O–H groups in total. The van der Waals surface area contributed by atoms with Crippen LogP contribution in [0.5, 0.6) is 5.75 Å². The first-order valence-corrected chi connectivity index (χ1v) is 8.23. The molecule has 128 valence electrons. The summed E-state index contributed by atoms with van der Waals surface area (Å²) in [5.41, 5.74) is 3.92. The van der Waals surface area contributed by atoms with Gasteiger partial charge in [-0.15, -0.1) is 0 Å². The molecule has 0 spiro atoms. The van der Waals surface area contributed by atoms with E-state index in [1.807, 2.05) is 50.2 Å². The van der Waals surface area contributed by atoms with Gasteiger partial charge in [-0.3, -0.25) is 4.79 Å². The number of carbonyl (C=O) groups is 1. The van der Waals surface area contributed by atoms with Crippen molar-refractivity contribution in [3.63, 3.8) is 0 Å². The third-order valence-corrected chi connectivity index (χ3v) is 4.11. The number of likely N-dealkylation sites (N-methyl/N-ethyl adjacent to an activating group) is 1. The highest BCUT2D eigenvalue weighted by Gasteiger charge is 2.13. The number of nitrogens with zero attached hydrogens (tertiary/aromatic N) is 3. The third-order valence-electron chi connectivity index (χ3n) is 4.11. The zero-order valence-electron chi connectivity index (χ0n) is 14.7. The molecule has 1 heterocycles. The van der Waals surface area contributed by atoms with E-state index in [1.165, 1.54) is 0 Å². The fraction of sp³-hybridized carbons (Fsp3) is 0.250. The van der Waals surface area contributed by atoms with E-state index in [2.05, 4.69) is 9.97 Å². The van der Waals surface area contributed by atoms with Crippen molar-refractivity contribution >= 4 is 16.9 Å². The second kappa shape index (κ2) is 7.30. The largest absolute Gasteiger partial charge is 0.492 e. The molecule has 5 nitrogen and oxygen atoms in total. The summed E-state index contributed by atoms with van der Waals surface area (Å²) in [4.78, 5) is 23.3. The molecule has 0 fully saturated rings. The Hall–Kier alpha value is -2.95. The Labute approximate surface area is 147 Å². The molecule has 0 aliphatic carbocycles. The second-order valence-electron chi connectivity index (χ2n) is 5.99. The lowest BCUT2D eigenvalue weighted by atomic mass is 10.1. The lowest BCUT2D eigenvalue weighted by Gasteiger charge is -2.18. The smallest absolute Gasteiger partial charge is 0.253 e. The van der Waals surface area contributed by atoms with E-state index >= 15 is 0 Å². The van der Waals surface area contributed by atoms with Crippen LogP contribution in [0.2, 0.25) is 0 Å². The van der Waals surface area contributed by atoms with Gasteiger partial charge in [0.05, 0.1) is 29.0 Å². The van der Waals surface area contributed by atoms with Crippen LogP contribution in [0.15, 0.2) is 48.5 Å². The zero-order valence-corrected chi connectivity index (χ0v) is 14.7. The van der Waals surface area contributed by atoms with Crippen LogP contribution in [-0.4, -0.2) is 41.0 Å². The van der Waals surface area contributed by atoms with Crippen molar-refractivity contribution in [1.29, 1.82) is 0 Å². The number of aromatic nitrogens is 2. The van der Waals surface area contributed by atoms with E-state index in [-0.39, 0.29) is 5.91 Å². The van der Waals surface area contributed by atoms with Crippen molar-refractivity contribution in [3.05, 3.63) is 65.5 Å². The standard InChI is InChI=1S/C20H21N3O2/c1-14-15(2)22-19-13-16(9-10-18(19)21-14)20(24)23(3)11-12-25-17-7-5-4-6-8-17/h4-10,13H,11-12H2,1-3H3. The molecule has 0 aliphatic heterocycles. The minimum absolute atomic E-state index is 0.0569. The Kier molecular flexibility index (Phi) is 4.93. The molecule has 3 rings (SSSR count). The highest BCUT2D eigenvalue weighted by atomic mass is 16.5. The van der Waals surface area contributed by atoms with Gasteiger partial charge in [-0.25, -0.2) is 9.97 Å². The minimum atomic E-state index is -0.0569. The van der Waals surface area contributed by atoms with Crippen molar-refractivity contribution in [2.45, 2.75) is 13.8 Å².